The molecule has 0 saturated carbocycles. The number of nitrogens with zero attached hydrogens (tertiary/aromatic N) is 6. The molecule has 7 aromatic rings. The number of aryl methyl sites for hydroxylation is 2. The Kier molecular flexibility index (Phi) is 17.8. The molecular weight excluding hydrogens is 930 g/mol. The van der Waals surface area contributed by atoms with Gasteiger partial charge in [-0.15, -0.1) is 10.2 Å². The van der Waals surface area contributed by atoms with E-state index in [0.717, 1.165) is 12.1 Å². The van der Waals surface area contributed by atoms with Gasteiger partial charge in [-0.25, -0.2) is 25.3 Å². The number of nitrogens with one attached hydrogen (secondary N) is 1. The predicted octanol–water partition coefficient (Wildman–Crippen LogP) is 0.415. The van der Waals surface area contributed by atoms with E-state index in [4.69, 9.17) is 5.73 Å². The van der Waals surface area contributed by atoms with Crippen molar-refractivity contribution in [3.8, 4) is 0 Å². The SMILES string of the molecule is Cc1cc(N=Nc2ccc(N=Nc3ccc(NC(=O)c4ccc(N)cc4)cc3C)c3ccc(S(=O)(=O)[O-])cc23)ccc1N=Nc1ccc2cc(S(=O)(=O)[O-])cc(S(=O)(=O)[O-])c2c1.[Na+].[Na+].[Na+]. The number of fused-ring (bicyclic) bond motifs is 2. The van der Waals surface area contributed by atoms with E-state index in [9.17, 15) is 43.7 Å². The van der Waals surface area contributed by atoms with Crippen molar-refractivity contribution in [3.63, 3.8) is 0 Å². The molecule has 3 N–H and O–H groups in total. The molecule has 18 nitrogen and oxygen atoms in total. The van der Waals surface area contributed by atoms with Crippen molar-refractivity contribution in [1.29, 1.82) is 0 Å². The van der Waals surface area contributed by atoms with E-state index in [1.807, 2.05) is 0 Å². The molecular formula is C41H29N8Na3O10S3. The fourth-order valence-corrected chi connectivity index (χ4v) is 7.98. The zero-order valence-electron chi connectivity index (χ0n) is 35.1. The smallest absolute Gasteiger partial charge is 0.744 e. The van der Waals surface area contributed by atoms with Crippen LogP contribution in [0.4, 0.5) is 45.5 Å². The summed E-state index contributed by atoms with van der Waals surface area (Å²) in [5.74, 6) is -0.320. The van der Waals surface area contributed by atoms with Crippen LogP contribution >= 0.6 is 0 Å². The fourth-order valence-electron chi connectivity index (χ4n) is 6.15. The molecule has 0 saturated heterocycles. The quantitative estimate of drug-likeness (QED) is 0.0775. The summed E-state index contributed by atoms with van der Waals surface area (Å²) in [6.45, 7) is 3.49. The van der Waals surface area contributed by atoms with Gasteiger partial charge in [0.1, 0.15) is 30.4 Å². The standard InChI is InChI=1S/C41H32N8O10S3.3Na/c1-23-17-28(43-41(50)25-3-6-27(42)7-4-25)9-13-37(23)47-49-38-15-16-39(35-21-31(60(51,52)53)11-12-33(35)38)48-44-29-10-14-36(24(2)18-29)46-45-30-8-5-26-19-32(61(54,55)56)22-40(34(26)20-30)62(57,58)59;;;/h3-22H,42H2,1-2H3,(H,43,50)(H,51,52,53)(H,54,55,56)(H,57,58,59);;;/q;3*+1/p-3. The first kappa shape index (κ1) is 53.5. The molecule has 0 aliphatic rings. The molecule has 7 aromatic carbocycles. The molecule has 0 bridgehead atoms. The van der Waals surface area contributed by atoms with Crippen molar-refractivity contribution in [2.45, 2.75) is 28.5 Å². The van der Waals surface area contributed by atoms with Crippen molar-refractivity contribution in [1.82, 2.24) is 0 Å². The van der Waals surface area contributed by atoms with Gasteiger partial charge < -0.3 is 24.7 Å². The average molecular weight is 959 g/mol. The number of hydrogen-bond acceptors (Lipinski definition) is 17. The number of amides is 1. The summed E-state index contributed by atoms with van der Waals surface area (Å²) < 4.78 is 106. The molecule has 0 heterocycles. The summed E-state index contributed by atoms with van der Waals surface area (Å²) in [6, 6.07) is 28.6. The largest absolute Gasteiger partial charge is 1.00 e. The zero-order valence-corrected chi connectivity index (χ0v) is 43.6. The Labute approximate surface area is 439 Å². The van der Waals surface area contributed by atoms with Crippen LogP contribution in [0.15, 0.2) is 167 Å². The van der Waals surface area contributed by atoms with Crippen LogP contribution in [-0.4, -0.2) is 44.8 Å². The fraction of sp³-hybridized carbons (Fsp3) is 0.0488. The second kappa shape index (κ2) is 21.7. The van der Waals surface area contributed by atoms with Crippen molar-refractivity contribution < 1.29 is 132 Å². The molecule has 24 heteroatoms. The van der Waals surface area contributed by atoms with Gasteiger partial charge >= 0.3 is 88.7 Å². The van der Waals surface area contributed by atoms with Crippen LogP contribution in [0.3, 0.4) is 0 Å². The summed E-state index contributed by atoms with van der Waals surface area (Å²) in [4.78, 5) is 10.4. The number of rotatable bonds is 11. The molecule has 0 unspecified atom stereocenters. The van der Waals surface area contributed by atoms with Crippen molar-refractivity contribution in [3.05, 3.63) is 138 Å². The van der Waals surface area contributed by atoms with Gasteiger partial charge in [-0.2, -0.15) is 20.5 Å². The van der Waals surface area contributed by atoms with Crippen LogP contribution < -0.4 is 99.7 Å². The summed E-state index contributed by atoms with van der Waals surface area (Å²) in [5.41, 5.74) is 10.3. The Bertz CT molecular complexity index is 3430. The van der Waals surface area contributed by atoms with Crippen LogP contribution in [0.25, 0.3) is 21.5 Å². The molecule has 7 rings (SSSR count). The Balaban J connectivity index is 0.00000308. The Morgan fingerprint density at radius 3 is 1.62 bits per heavy atom. The number of nitrogens with two attached hydrogens (primary N) is 1. The third kappa shape index (κ3) is 13.1. The molecule has 0 aliphatic heterocycles. The number of carbonyl (C=O) groups excluding carboxylic acids is 1. The zero-order chi connectivity index (χ0) is 44.6. The molecule has 0 fully saturated rings. The molecule has 314 valence electrons. The normalized spacial score (nSPS) is 12.0. The summed E-state index contributed by atoms with van der Waals surface area (Å²) in [7, 11) is -15.1. The van der Waals surface area contributed by atoms with Crippen LogP contribution in [0.2, 0.25) is 0 Å². The van der Waals surface area contributed by atoms with Gasteiger partial charge in [-0.05, 0) is 140 Å². The van der Waals surface area contributed by atoms with E-state index in [1.54, 1.807) is 80.6 Å². The third-order valence-corrected chi connectivity index (χ3v) is 11.8. The van der Waals surface area contributed by atoms with Crippen LogP contribution in [0.1, 0.15) is 21.5 Å². The van der Waals surface area contributed by atoms with Crippen molar-refractivity contribution >= 4 is 103 Å². The van der Waals surface area contributed by atoms with E-state index >= 15 is 0 Å². The van der Waals surface area contributed by atoms with E-state index in [2.05, 4.69) is 36.0 Å². The van der Waals surface area contributed by atoms with Crippen LogP contribution in [0.5, 0.6) is 0 Å². The summed E-state index contributed by atoms with van der Waals surface area (Å²) >= 11 is 0. The van der Waals surface area contributed by atoms with Crippen molar-refractivity contribution in [2.75, 3.05) is 11.1 Å². The Morgan fingerprint density at radius 2 is 1.02 bits per heavy atom. The van der Waals surface area contributed by atoms with Gasteiger partial charge in [-0.1, -0.05) is 12.1 Å². The average Bonchev–Trinajstić information content (AvgIpc) is 3.21. The molecule has 0 aliphatic carbocycles. The van der Waals surface area contributed by atoms with Gasteiger partial charge in [-0.3, -0.25) is 4.79 Å². The summed E-state index contributed by atoms with van der Waals surface area (Å²) in [6.07, 6.45) is 0. The van der Waals surface area contributed by atoms with E-state index in [1.165, 1.54) is 36.4 Å². The molecule has 0 radical (unpaired) electrons. The topological polar surface area (TPSA) is 301 Å². The maximum absolute atomic E-state index is 12.7. The second-order valence-corrected chi connectivity index (χ2v) is 17.8. The van der Waals surface area contributed by atoms with Gasteiger partial charge in [0.05, 0.1) is 48.8 Å². The molecule has 65 heavy (non-hydrogen) atoms. The molecule has 0 aromatic heterocycles. The van der Waals surface area contributed by atoms with Crippen molar-refractivity contribution in [2.24, 2.45) is 30.7 Å². The number of benzene rings is 7. The number of hydrogen-bond donors (Lipinski definition) is 2. The number of carbonyl (C=O) groups is 1. The van der Waals surface area contributed by atoms with Crippen LogP contribution in [0, 0.1) is 13.8 Å². The second-order valence-electron chi connectivity index (χ2n) is 13.6. The molecule has 0 atom stereocenters. The van der Waals surface area contributed by atoms with Crippen LogP contribution in [-0.2, 0) is 30.4 Å². The first-order valence-corrected chi connectivity index (χ1v) is 22.1. The van der Waals surface area contributed by atoms with Gasteiger partial charge in [0, 0.05) is 33.1 Å². The third-order valence-electron chi connectivity index (χ3n) is 9.28. The first-order valence-electron chi connectivity index (χ1n) is 17.9. The minimum Gasteiger partial charge on any atom is -0.744 e. The number of nitrogen functional groups attached to an aromatic ring is 1. The number of anilines is 2. The Morgan fingerprint density at radius 1 is 0.492 bits per heavy atom. The first-order chi connectivity index (χ1) is 29.2. The number of azo groups is 3. The monoisotopic (exact) mass is 958 g/mol. The molecule has 0 spiro atoms. The maximum Gasteiger partial charge on any atom is 1.00 e. The summed E-state index contributed by atoms with van der Waals surface area (Å²) in [5, 5.41) is 29.1. The Hall–Kier alpha value is -4.14. The minimum absolute atomic E-state index is 0. The van der Waals surface area contributed by atoms with E-state index in [-0.39, 0.29) is 122 Å². The minimum atomic E-state index is -5.19. The van der Waals surface area contributed by atoms with E-state index < -0.39 is 45.0 Å². The van der Waals surface area contributed by atoms with Gasteiger partial charge in [0.25, 0.3) is 5.91 Å². The van der Waals surface area contributed by atoms with E-state index in [0.29, 0.717) is 62.3 Å². The molecule has 1 amide bonds. The van der Waals surface area contributed by atoms with Gasteiger partial charge in [0.2, 0.25) is 0 Å². The predicted molar refractivity (Wildman–Crippen MR) is 225 cm³/mol. The van der Waals surface area contributed by atoms with Gasteiger partial charge in [0.15, 0.2) is 0 Å². The maximum atomic E-state index is 12.7.